The summed E-state index contributed by atoms with van der Waals surface area (Å²) in [5.74, 6) is 0.301. The predicted octanol–water partition coefficient (Wildman–Crippen LogP) is -0.946. The predicted molar refractivity (Wildman–Crippen MR) is 68.0 cm³/mol. The van der Waals surface area contributed by atoms with Crippen LogP contribution in [0.5, 0.6) is 0 Å². The molecule has 2 aliphatic heterocycles. The van der Waals surface area contributed by atoms with Crippen LogP contribution in [0.25, 0.3) is 0 Å². The van der Waals surface area contributed by atoms with E-state index in [9.17, 15) is 4.79 Å². The molecule has 2 rings (SSSR count). The van der Waals surface area contributed by atoms with Crippen molar-refractivity contribution < 1.29 is 4.79 Å². The van der Waals surface area contributed by atoms with Gasteiger partial charge in [-0.2, -0.15) is 0 Å². The van der Waals surface area contributed by atoms with Gasteiger partial charge in [-0.05, 0) is 13.6 Å². The van der Waals surface area contributed by atoms with Crippen LogP contribution in [0.2, 0.25) is 0 Å². The Morgan fingerprint density at radius 2 is 1.94 bits per heavy atom. The molecule has 0 aliphatic carbocycles. The van der Waals surface area contributed by atoms with E-state index in [0.717, 1.165) is 52.4 Å². The zero-order valence-electron chi connectivity index (χ0n) is 11.0. The van der Waals surface area contributed by atoms with Crippen molar-refractivity contribution in [1.29, 1.82) is 0 Å². The van der Waals surface area contributed by atoms with Crippen LogP contribution in [0, 0.1) is 0 Å². The van der Waals surface area contributed by atoms with Crippen molar-refractivity contribution in [2.75, 3.05) is 59.4 Å². The van der Waals surface area contributed by atoms with Gasteiger partial charge in [0.05, 0.1) is 0 Å². The van der Waals surface area contributed by atoms with E-state index in [1.54, 1.807) is 0 Å². The molecule has 2 saturated heterocycles. The van der Waals surface area contributed by atoms with Crippen LogP contribution in [0.3, 0.4) is 0 Å². The van der Waals surface area contributed by atoms with Gasteiger partial charge in [0.1, 0.15) is 6.04 Å². The molecule has 0 aromatic heterocycles. The van der Waals surface area contributed by atoms with Crippen molar-refractivity contribution >= 4 is 5.91 Å². The van der Waals surface area contributed by atoms with Crippen molar-refractivity contribution in [2.45, 2.75) is 13.0 Å². The highest BCUT2D eigenvalue weighted by Crippen LogP contribution is 2.08. The van der Waals surface area contributed by atoms with E-state index in [-0.39, 0.29) is 6.04 Å². The Bertz CT molecular complexity index is 263. The van der Waals surface area contributed by atoms with Gasteiger partial charge in [0.2, 0.25) is 5.91 Å². The number of nitrogens with one attached hydrogen (secondary N) is 1. The minimum Gasteiger partial charge on any atom is -0.339 e. The third-order valence-corrected chi connectivity index (χ3v) is 3.93. The lowest BCUT2D eigenvalue weighted by Gasteiger charge is -2.39. The Balaban J connectivity index is 1.87. The van der Waals surface area contributed by atoms with Crippen LogP contribution in [0.1, 0.15) is 6.92 Å². The van der Waals surface area contributed by atoms with Gasteiger partial charge in [0.25, 0.3) is 0 Å². The minimum atomic E-state index is 0.0388. The second-order valence-electron chi connectivity index (χ2n) is 4.96. The summed E-state index contributed by atoms with van der Waals surface area (Å²) < 4.78 is 0. The molecule has 0 aromatic rings. The number of hydrogen-bond acceptors (Lipinski definition) is 4. The lowest BCUT2D eigenvalue weighted by molar-refractivity contribution is -0.138. The fourth-order valence-corrected chi connectivity index (χ4v) is 2.58. The minimum absolute atomic E-state index is 0.0388. The molecule has 5 nitrogen and oxygen atoms in total. The molecular weight excluding hydrogens is 216 g/mol. The van der Waals surface area contributed by atoms with E-state index in [4.69, 9.17) is 0 Å². The average Bonchev–Trinajstić information content (AvgIpc) is 2.39. The first-order valence-corrected chi connectivity index (χ1v) is 6.64. The monoisotopic (exact) mass is 240 g/mol. The average molecular weight is 240 g/mol. The quantitative estimate of drug-likeness (QED) is 0.676. The molecule has 17 heavy (non-hydrogen) atoms. The van der Waals surface area contributed by atoms with Crippen molar-refractivity contribution in [3.05, 3.63) is 0 Å². The number of carbonyl (C=O) groups is 1. The highest BCUT2D eigenvalue weighted by atomic mass is 16.2. The Labute approximate surface area is 104 Å². The SMILES string of the molecule is CCN1CCN(C(=O)C2CNCCN2C)CC1. The van der Waals surface area contributed by atoms with E-state index in [2.05, 4.69) is 22.0 Å². The van der Waals surface area contributed by atoms with Gasteiger partial charge in [0.15, 0.2) is 0 Å². The van der Waals surface area contributed by atoms with Crippen molar-refractivity contribution in [3.8, 4) is 0 Å². The number of rotatable bonds is 2. The maximum Gasteiger partial charge on any atom is 0.241 e. The molecule has 1 atom stereocenters. The lowest BCUT2D eigenvalue weighted by Crippen LogP contribution is -2.59. The van der Waals surface area contributed by atoms with Crippen LogP contribution >= 0.6 is 0 Å². The highest BCUT2D eigenvalue weighted by Gasteiger charge is 2.31. The van der Waals surface area contributed by atoms with Gasteiger partial charge in [-0.15, -0.1) is 0 Å². The Morgan fingerprint density at radius 1 is 1.24 bits per heavy atom. The number of piperazine rings is 2. The second-order valence-corrected chi connectivity index (χ2v) is 4.96. The summed E-state index contributed by atoms with van der Waals surface area (Å²) in [5.41, 5.74) is 0. The number of nitrogens with zero attached hydrogens (tertiary/aromatic N) is 3. The first kappa shape index (κ1) is 12.8. The molecule has 5 heteroatoms. The largest absolute Gasteiger partial charge is 0.339 e. The standard InChI is InChI=1S/C12H24N4O/c1-3-15-6-8-16(9-7-15)12(17)11-10-13-4-5-14(11)2/h11,13H,3-10H2,1-2H3. The first-order valence-electron chi connectivity index (χ1n) is 6.64. The number of carbonyl (C=O) groups excluding carboxylic acids is 1. The summed E-state index contributed by atoms with van der Waals surface area (Å²) in [6.07, 6.45) is 0. The van der Waals surface area contributed by atoms with Gasteiger partial charge in [-0.1, -0.05) is 6.92 Å². The third-order valence-electron chi connectivity index (χ3n) is 3.93. The molecule has 0 saturated carbocycles. The summed E-state index contributed by atoms with van der Waals surface area (Å²) in [6.45, 7) is 9.83. The van der Waals surface area contributed by atoms with Gasteiger partial charge >= 0.3 is 0 Å². The summed E-state index contributed by atoms with van der Waals surface area (Å²) in [4.78, 5) is 19.0. The molecule has 98 valence electrons. The third kappa shape index (κ3) is 2.97. The summed E-state index contributed by atoms with van der Waals surface area (Å²) >= 11 is 0. The lowest BCUT2D eigenvalue weighted by atomic mass is 10.1. The summed E-state index contributed by atoms with van der Waals surface area (Å²) in [7, 11) is 2.05. The molecule has 0 bridgehead atoms. The summed E-state index contributed by atoms with van der Waals surface area (Å²) in [5, 5.41) is 3.31. The first-order chi connectivity index (χ1) is 8.22. The molecule has 2 fully saturated rings. The van der Waals surface area contributed by atoms with E-state index in [0.29, 0.717) is 5.91 Å². The smallest absolute Gasteiger partial charge is 0.241 e. The van der Waals surface area contributed by atoms with Crippen molar-refractivity contribution in [2.24, 2.45) is 0 Å². The van der Waals surface area contributed by atoms with Gasteiger partial charge in [-0.3, -0.25) is 9.69 Å². The molecule has 1 N–H and O–H groups in total. The molecule has 2 aliphatic rings. The fraction of sp³-hybridized carbons (Fsp3) is 0.917. The molecular formula is C12H24N4O. The van der Waals surface area contributed by atoms with Crippen LogP contribution in [-0.4, -0.2) is 86.1 Å². The van der Waals surface area contributed by atoms with Gasteiger partial charge in [-0.25, -0.2) is 0 Å². The van der Waals surface area contributed by atoms with Crippen molar-refractivity contribution in [1.82, 2.24) is 20.0 Å². The number of amides is 1. The topological polar surface area (TPSA) is 38.8 Å². The van der Waals surface area contributed by atoms with E-state index in [1.807, 2.05) is 11.9 Å². The number of likely N-dealkylation sites (N-methyl/N-ethyl adjacent to an activating group) is 2. The second kappa shape index (κ2) is 5.80. The summed E-state index contributed by atoms with van der Waals surface area (Å²) in [6, 6.07) is 0.0388. The molecule has 1 amide bonds. The zero-order chi connectivity index (χ0) is 12.3. The van der Waals surface area contributed by atoms with E-state index < -0.39 is 0 Å². The Kier molecular flexibility index (Phi) is 4.36. The van der Waals surface area contributed by atoms with Gasteiger partial charge in [0, 0.05) is 45.8 Å². The maximum atomic E-state index is 12.4. The van der Waals surface area contributed by atoms with Crippen molar-refractivity contribution in [3.63, 3.8) is 0 Å². The molecule has 0 spiro atoms. The normalized spacial score (nSPS) is 28.4. The van der Waals surface area contributed by atoms with Crippen LogP contribution in [0.15, 0.2) is 0 Å². The van der Waals surface area contributed by atoms with E-state index >= 15 is 0 Å². The van der Waals surface area contributed by atoms with Crippen LogP contribution in [0.4, 0.5) is 0 Å². The van der Waals surface area contributed by atoms with Gasteiger partial charge < -0.3 is 15.1 Å². The maximum absolute atomic E-state index is 12.4. The van der Waals surface area contributed by atoms with E-state index in [1.165, 1.54) is 0 Å². The molecule has 2 heterocycles. The fourth-order valence-electron chi connectivity index (χ4n) is 2.58. The highest BCUT2D eigenvalue weighted by molar-refractivity contribution is 5.82. The molecule has 0 radical (unpaired) electrons. The Morgan fingerprint density at radius 3 is 2.53 bits per heavy atom. The van der Waals surface area contributed by atoms with Crippen LogP contribution < -0.4 is 5.32 Å². The molecule has 0 aromatic carbocycles. The molecule has 1 unspecified atom stereocenters. The number of hydrogen-bond donors (Lipinski definition) is 1. The zero-order valence-corrected chi connectivity index (χ0v) is 11.0. The van der Waals surface area contributed by atoms with Crippen LogP contribution in [-0.2, 0) is 4.79 Å². The Hall–Kier alpha value is -0.650.